The first kappa shape index (κ1) is 14.8. The number of rotatable bonds is 6. The Balaban J connectivity index is 2.16. The molecule has 2 atom stereocenters. The second-order valence-electron chi connectivity index (χ2n) is 4.98. The standard InChI is InChI=1S/C13H19ClN2O2S/c1-2-3-10-7-12(10)16-19(17,18)13-6-9(8-15)4-5-11(13)14/h4-6,10,12,16H,2-3,7-8,15H2,1H3. The number of halogens is 1. The fraction of sp³-hybridized carbons (Fsp3) is 0.538. The molecule has 0 radical (unpaired) electrons. The Hall–Kier alpha value is -0.620. The highest BCUT2D eigenvalue weighted by molar-refractivity contribution is 7.89. The van der Waals surface area contributed by atoms with Gasteiger partial charge in [-0.25, -0.2) is 13.1 Å². The van der Waals surface area contributed by atoms with Gasteiger partial charge in [-0.15, -0.1) is 0 Å². The van der Waals surface area contributed by atoms with Crippen molar-refractivity contribution < 1.29 is 8.42 Å². The first-order chi connectivity index (χ1) is 8.97. The van der Waals surface area contributed by atoms with E-state index in [0.717, 1.165) is 24.8 Å². The van der Waals surface area contributed by atoms with E-state index in [1.54, 1.807) is 18.2 Å². The molecule has 0 bridgehead atoms. The molecule has 19 heavy (non-hydrogen) atoms. The summed E-state index contributed by atoms with van der Waals surface area (Å²) in [6.07, 6.45) is 3.05. The molecule has 4 nitrogen and oxygen atoms in total. The lowest BCUT2D eigenvalue weighted by Gasteiger charge is -2.09. The molecule has 0 saturated heterocycles. The molecule has 0 aromatic heterocycles. The summed E-state index contributed by atoms with van der Waals surface area (Å²) in [5, 5.41) is 0.234. The van der Waals surface area contributed by atoms with Gasteiger partial charge in [0.25, 0.3) is 0 Å². The third-order valence-corrected chi connectivity index (χ3v) is 5.38. The summed E-state index contributed by atoms with van der Waals surface area (Å²) < 4.78 is 27.3. The van der Waals surface area contributed by atoms with E-state index in [1.165, 1.54) is 0 Å². The summed E-state index contributed by atoms with van der Waals surface area (Å²) >= 11 is 5.98. The van der Waals surface area contributed by atoms with Crippen molar-refractivity contribution in [3.05, 3.63) is 28.8 Å². The molecular formula is C13H19ClN2O2S. The Labute approximate surface area is 119 Å². The summed E-state index contributed by atoms with van der Waals surface area (Å²) in [7, 11) is -3.55. The van der Waals surface area contributed by atoms with Crippen LogP contribution in [0.2, 0.25) is 5.02 Å². The van der Waals surface area contributed by atoms with Crippen molar-refractivity contribution in [1.29, 1.82) is 0 Å². The maximum Gasteiger partial charge on any atom is 0.242 e. The van der Waals surface area contributed by atoms with E-state index in [2.05, 4.69) is 11.6 Å². The van der Waals surface area contributed by atoms with Crippen LogP contribution < -0.4 is 10.5 Å². The third-order valence-electron chi connectivity index (χ3n) is 3.41. The summed E-state index contributed by atoms with van der Waals surface area (Å²) in [5.74, 6) is 0.469. The molecule has 6 heteroatoms. The van der Waals surface area contributed by atoms with Crippen LogP contribution in [-0.4, -0.2) is 14.5 Å². The van der Waals surface area contributed by atoms with Gasteiger partial charge in [0, 0.05) is 12.6 Å². The SMILES string of the molecule is CCCC1CC1NS(=O)(=O)c1cc(CN)ccc1Cl. The molecule has 2 rings (SSSR count). The van der Waals surface area contributed by atoms with Crippen molar-refractivity contribution in [2.45, 2.75) is 43.7 Å². The minimum absolute atomic E-state index is 0.0579. The van der Waals surface area contributed by atoms with Gasteiger partial charge in [0.1, 0.15) is 4.90 Å². The summed E-state index contributed by atoms with van der Waals surface area (Å²) in [5.41, 5.74) is 6.28. The smallest absolute Gasteiger partial charge is 0.242 e. The van der Waals surface area contributed by atoms with Crippen LogP contribution in [0.5, 0.6) is 0 Å². The molecular weight excluding hydrogens is 284 g/mol. The molecule has 1 aliphatic rings. The fourth-order valence-electron chi connectivity index (χ4n) is 2.23. The normalized spacial score (nSPS) is 22.5. The first-order valence-electron chi connectivity index (χ1n) is 6.48. The van der Waals surface area contributed by atoms with E-state index >= 15 is 0 Å². The van der Waals surface area contributed by atoms with Crippen molar-refractivity contribution in [2.24, 2.45) is 11.7 Å². The summed E-state index contributed by atoms with van der Waals surface area (Å²) in [4.78, 5) is 0.124. The van der Waals surface area contributed by atoms with Crippen LogP contribution in [-0.2, 0) is 16.6 Å². The van der Waals surface area contributed by atoms with Crippen molar-refractivity contribution in [3.63, 3.8) is 0 Å². The van der Waals surface area contributed by atoms with Gasteiger partial charge in [-0.2, -0.15) is 0 Å². The number of nitrogens with two attached hydrogens (primary N) is 1. The number of hydrogen-bond acceptors (Lipinski definition) is 3. The monoisotopic (exact) mass is 302 g/mol. The van der Waals surface area contributed by atoms with Gasteiger partial charge >= 0.3 is 0 Å². The molecule has 1 saturated carbocycles. The molecule has 0 aliphatic heterocycles. The molecule has 2 unspecified atom stereocenters. The molecule has 0 heterocycles. The van der Waals surface area contributed by atoms with Crippen LogP contribution in [0.3, 0.4) is 0 Å². The Morgan fingerprint density at radius 1 is 1.47 bits per heavy atom. The average molecular weight is 303 g/mol. The van der Waals surface area contributed by atoms with E-state index in [0.29, 0.717) is 12.5 Å². The molecule has 1 fully saturated rings. The Morgan fingerprint density at radius 2 is 2.21 bits per heavy atom. The van der Waals surface area contributed by atoms with Crippen molar-refractivity contribution in [3.8, 4) is 0 Å². The van der Waals surface area contributed by atoms with Crippen molar-refractivity contribution >= 4 is 21.6 Å². The minimum atomic E-state index is -3.55. The number of benzene rings is 1. The quantitative estimate of drug-likeness (QED) is 0.846. The largest absolute Gasteiger partial charge is 0.326 e. The maximum atomic E-state index is 12.3. The lowest BCUT2D eigenvalue weighted by Crippen LogP contribution is -2.27. The predicted octanol–water partition coefficient (Wildman–Crippen LogP) is 2.27. The van der Waals surface area contributed by atoms with E-state index < -0.39 is 10.0 Å². The zero-order valence-corrected chi connectivity index (χ0v) is 12.5. The second-order valence-corrected chi connectivity index (χ2v) is 7.07. The second kappa shape index (κ2) is 5.79. The molecule has 1 aromatic rings. The van der Waals surface area contributed by atoms with Crippen LogP contribution >= 0.6 is 11.6 Å². The Kier molecular flexibility index (Phi) is 4.50. The van der Waals surface area contributed by atoms with Crippen LogP contribution in [0.15, 0.2) is 23.1 Å². The van der Waals surface area contributed by atoms with Crippen LogP contribution in [0, 0.1) is 5.92 Å². The zero-order valence-electron chi connectivity index (χ0n) is 10.9. The molecule has 1 aromatic carbocycles. The molecule has 0 spiro atoms. The highest BCUT2D eigenvalue weighted by atomic mass is 35.5. The van der Waals surface area contributed by atoms with Gasteiger partial charge < -0.3 is 5.73 Å². The van der Waals surface area contributed by atoms with Gasteiger partial charge in [-0.1, -0.05) is 31.0 Å². The molecule has 3 N–H and O–H groups in total. The molecule has 1 aliphatic carbocycles. The van der Waals surface area contributed by atoms with Gasteiger partial charge in [0.05, 0.1) is 5.02 Å². The Bertz CT molecular complexity index is 560. The van der Waals surface area contributed by atoms with E-state index in [-0.39, 0.29) is 16.0 Å². The van der Waals surface area contributed by atoms with Gasteiger partial charge in [-0.3, -0.25) is 0 Å². The third kappa shape index (κ3) is 3.48. The topological polar surface area (TPSA) is 72.2 Å². The lowest BCUT2D eigenvalue weighted by atomic mass is 10.2. The van der Waals surface area contributed by atoms with Gasteiger partial charge in [0.15, 0.2) is 0 Å². The minimum Gasteiger partial charge on any atom is -0.326 e. The first-order valence-corrected chi connectivity index (χ1v) is 8.35. The molecule has 106 valence electrons. The van der Waals surface area contributed by atoms with Crippen LogP contribution in [0.4, 0.5) is 0 Å². The van der Waals surface area contributed by atoms with Crippen LogP contribution in [0.25, 0.3) is 0 Å². The van der Waals surface area contributed by atoms with Crippen molar-refractivity contribution in [2.75, 3.05) is 0 Å². The van der Waals surface area contributed by atoms with E-state index in [9.17, 15) is 8.42 Å². The number of nitrogens with one attached hydrogen (secondary N) is 1. The maximum absolute atomic E-state index is 12.3. The van der Waals surface area contributed by atoms with Crippen molar-refractivity contribution in [1.82, 2.24) is 4.72 Å². The van der Waals surface area contributed by atoms with Gasteiger partial charge in [-0.05, 0) is 36.5 Å². The fourth-order valence-corrected chi connectivity index (χ4v) is 4.09. The predicted molar refractivity (Wildman–Crippen MR) is 76.5 cm³/mol. The lowest BCUT2D eigenvalue weighted by molar-refractivity contribution is 0.573. The average Bonchev–Trinajstić information content (AvgIpc) is 3.07. The Morgan fingerprint density at radius 3 is 2.84 bits per heavy atom. The van der Waals surface area contributed by atoms with Gasteiger partial charge in [0.2, 0.25) is 10.0 Å². The number of sulfonamides is 1. The summed E-state index contributed by atoms with van der Waals surface area (Å²) in [6, 6.07) is 4.91. The highest BCUT2D eigenvalue weighted by Gasteiger charge is 2.39. The van der Waals surface area contributed by atoms with Crippen LogP contribution in [0.1, 0.15) is 31.7 Å². The number of hydrogen-bond donors (Lipinski definition) is 2. The van der Waals surface area contributed by atoms with E-state index in [4.69, 9.17) is 17.3 Å². The molecule has 0 amide bonds. The zero-order chi connectivity index (χ0) is 14.0. The highest BCUT2D eigenvalue weighted by Crippen LogP contribution is 2.36. The van der Waals surface area contributed by atoms with E-state index in [1.807, 2.05) is 0 Å². The summed E-state index contributed by atoms with van der Waals surface area (Å²) in [6.45, 7) is 2.40.